The highest BCUT2D eigenvalue weighted by Gasteiger charge is 2.23. The Hall–Kier alpha value is -4.41. The minimum atomic E-state index is -1.36. The summed E-state index contributed by atoms with van der Waals surface area (Å²) in [7, 11) is 0. The number of aliphatic carboxylic acids is 1. The lowest BCUT2D eigenvalue weighted by atomic mass is 9.96. The van der Waals surface area contributed by atoms with Gasteiger partial charge < -0.3 is 25.4 Å². The lowest BCUT2D eigenvalue weighted by molar-refractivity contribution is -0.139. The first-order valence-electron chi connectivity index (χ1n) is 12.6. The monoisotopic (exact) mass is 520 g/mol. The molecular weight excluding hydrogens is 488 g/mol. The molecule has 2 aromatic heterocycles. The molecule has 1 aromatic carbocycles. The molecule has 0 aliphatic carbocycles. The van der Waals surface area contributed by atoms with E-state index in [0.29, 0.717) is 23.8 Å². The minimum absolute atomic E-state index is 0.00214. The van der Waals surface area contributed by atoms with Crippen molar-refractivity contribution in [3.05, 3.63) is 82.5 Å². The number of benzene rings is 1. The molecule has 0 saturated carbocycles. The van der Waals surface area contributed by atoms with Gasteiger partial charge in [0.2, 0.25) is 0 Å². The number of hydrogen-bond donors (Lipinski definition) is 3. The minimum Gasteiger partial charge on any atom is -0.480 e. The quantitative estimate of drug-likeness (QED) is 0.368. The molecule has 38 heavy (non-hydrogen) atoms. The number of piperidine rings is 1. The fourth-order valence-corrected chi connectivity index (χ4v) is 4.35. The van der Waals surface area contributed by atoms with Gasteiger partial charge in [-0.3, -0.25) is 4.57 Å². The SMILES string of the molecule is Cc1cn(C[C@H](NC(=O)OCc2ccccc2)C(=O)O)c(=O)nc1NCC1CCN(c2ccccn2)CC1. The van der Waals surface area contributed by atoms with Crippen LogP contribution in [0.1, 0.15) is 24.0 Å². The van der Waals surface area contributed by atoms with E-state index in [1.54, 1.807) is 31.5 Å². The highest BCUT2D eigenvalue weighted by molar-refractivity contribution is 5.79. The van der Waals surface area contributed by atoms with E-state index < -0.39 is 23.8 Å². The summed E-state index contributed by atoms with van der Waals surface area (Å²) in [5, 5.41) is 15.2. The zero-order chi connectivity index (χ0) is 26.9. The third kappa shape index (κ3) is 7.31. The number of nitrogens with one attached hydrogen (secondary N) is 2. The number of rotatable bonds is 10. The van der Waals surface area contributed by atoms with E-state index in [1.165, 1.54) is 4.57 Å². The van der Waals surface area contributed by atoms with E-state index in [2.05, 4.69) is 25.5 Å². The van der Waals surface area contributed by atoms with Gasteiger partial charge in [0, 0.05) is 37.6 Å². The van der Waals surface area contributed by atoms with Crippen LogP contribution in [-0.2, 0) is 22.7 Å². The van der Waals surface area contributed by atoms with Gasteiger partial charge in [-0.1, -0.05) is 36.4 Å². The summed E-state index contributed by atoms with van der Waals surface area (Å²) in [6, 6.07) is 13.6. The summed E-state index contributed by atoms with van der Waals surface area (Å²) in [6.07, 6.45) is 4.45. The number of aromatic nitrogens is 3. The Morgan fingerprint density at radius 2 is 1.87 bits per heavy atom. The molecule has 3 N–H and O–H groups in total. The molecule has 0 spiro atoms. The van der Waals surface area contributed by atoms with Gasteiger partial charge in [-0.05, 0) is 43.4 Å². The zero-order valence-corrected chi connectivity index (χ0v) is 21.2. The van der Waals surface area contributed by atoms with Crippen LogP contribution >= 0.6 is 0 Å². The van der Waals surface area contributed by atoms with Crippen LogP contribution in [0.25, 0.3) is 0 Å². The molecule has 0 bridgehead atoms. The fourth-order valence-electron chi connectivity index (χ4n) is 4.35. The maximum absolute atomic E-state index is 12.7. The lowest BCUT2D eigenvalue weighted by Crippen LogP contribution is -2.45. The Labute approximate surface area is 220 Å². The molecular formula is C27H32N6O5. The highest BCUT2D eigenvalue weighted by atomic mass is 16.5. The first kappa shape index (κ1) is 26.6. The Kier molecular flexibility index (Phi) is 8.91. The van der Waals surface area contributed by atoms with E-state index in [9.17, 15) is 19.5 Å². The number of alkyl carbamates (subject to hydrolysis) is 1. The van der Waals surface area contributed by atoms with E-state index in [-0.39, 0.29) is 13.2 Å². The predicted molar refractivity (Wildman–Crippen MR) is 142 cm³/mol. The molecule has 1 aliphatic rings. The van der Waals surface area contributed by atoms with Gasteiger partial charge >= 0.3 is 17.8 Å². The van der Waals surface area contributed by atoms with Crippen molar-refractivity contribution >= 4 is 23.7 Å². The average molecular weight is 521 g/mol. The number of carbonyl (C=O) groups excluding carboxylic acids is 1. The second-order valence-electron chi connectivity index (χ2n) is 9.30. The molecule has 1 aliphatic heterocycles. The van der Waals surface area contributed by atoms with Crippen LogP contribution in [0.3, 0.4) is 0 Å². The fraction of sp³-hybridized carbons (Fsp3) is 0.370. The number of nitrogens with zero attached hydrogens (tertiary/aromatic N) is 4. The maximum atomic E-state index is 12.7. The summed E-state index contributed by atoms with van der Waals surface area (Å²) in [5.41, 5.74) is 0.868. The molecule has 1 saturated heterocycles. The molecule has 11 nitrogen and oxygen atoms in total. The summed E-state index contributed by atoms with van der Waals surface area (Å²) >= 11 is 0. The summed E-state index contributed by atoms with van der Waals surface area (Å²) in [5.74, 6) is 0.602. The van der Waals surface area contributed by atoms with Gasteiger partial charge in [-0.2, -0.15) is 4.98 Å². The number of aryl methyl sites for hydroxylation is 1. The van der Waals surface area contributed by atoms with E-state index in [0.717, 1.165) is 37.3 Å². The molecule has 4 rings (SSSR count). The number of anilines is 2. The number of amides is 1. The van der Waals surface area contributed by atoms with Crippen LogP contribution in [0.5, 0.6) is 0 Å². The normalized spacial score (nSPS) is 14.5. The van der Waals surface area contributed by atoms with Crippen molar-refractivity contribution in [1.29, 1.82) is 0 Å². The Bertz CT molecular complexity index is 1280. The number of carbonyl (C=O) groups is 2. The van der Waals surface area contributed by atoms with E-state index in [4.69, 9.17) is 4.74 Å². The third-order valence-corrected chi connectivity index (χ3v) is 6.50. The molecule has 200 valence electrons. The molecule has 1 amide bonds. The van der Waals surface area contributed by atoms with Gasteiger partial charge in [-0.15, -0.1) is 0 Å². The van der Waals surface area contributed by atoms with Crippen LogP contribution in [0.2, 0.25) is 0 Å². The second kappa shape index (κ2) is 12.7. The van der Waals surface area contributed by atoms with Gasteiger partial charge in [0.05, 0.1) is 6.54 Å². The summed E-state index contributed by atoms with van der Waals surface area (Å²) < 4.78 is 6.29. The van der Waals surface area contributed by atoms with Crippen molar-refractivity contribution in [3.8, 4) is 0 Å². The van der Waals surface area contributed by atoms with E-state index in [1.807, 2.05) is 36.4 Å². The van der Waals surface area contributed by atoms with Crippen LogP contribution in [0.4, 0.5) is 16.4 Å². The highest BCUT2D eigenvalue weighted by Crippen LogP contribution is 2.22. The number of hydrogen-bond acceptors (Lipinski definition) is 8. The topological polar surface area (TPSA) is 139 Å². The average Bonchev–Trinajstić information content (AvgIpc) is 2.94. The number of ether oxygens (including phenoxy) is 1. The van der Waals surface area contributed by atoms with Gasteiger partial charge in [-0.25, -0.2) is 19.4 Å². The summed E-state index contributed by atoms with van der Waals surface area (Å²) in [4.78, 5) is 47.4. The molecule has 11 heteroatoms. The van der Waals surface area contributed by atoms with Gasteiger partial charge in [0.1, 0.15) is 24.3 Å². The molecule has 0 unspecified atom stereocenters. The van der Waals surface area contributed by atoms with Crippen LogP contribution in [0, 0.1) is 12.8 Å². The Balaban J connectivity index is 1.29. The smallest absolute Gasteiger partial charge is 0.408 e. The molecule has 0 radical (unpaired) electrons. The van der Waals surface area contributed by atoms with Gasteiger partial charge in [0.15, 0.2) is 0 Å². The summed E-state index contributed by atoms with van der Waals surface area (Å²) in [6.45, 7) is 4.02. The van der Waals surface area contributed by atoms with Gasteiger partial charge in [0.25, 0.3) is 0 Å². The number of pyridine rings is 1. The van der Waals surface area contributed by atoms with Crippen LogP contribution in [0.15, 0.2) is 65.7 Å². The van der Waals surface area contributed by atoms with E-state index >= 15 is 0 Å². The third-order valence-electron chi connectivity index (χ3n) is 6.50. The van der Waals surface area contributed by atoms with Crippen molar-refractivity contribution in [1.82, 2.24) is 19.9 Å². The molecule has 1 fully saturated rings. The van der Waals surface area contributed by atoms with Crippen molar-refractivity contribution in [2.75, 3.05) is 29.9 Å². The van der Waals surface area contributed by atoms with Crippen molar-refractivity contribution in [2.24, 2.45) is 5.92 Å². The molecule has 1 atom stereocenters. The standard InChI is InChI=1S/C27H32N6O5/c1-19-16-33(17-22(25(34)35)30-27(37)38-18-21-7-3-2-4-8-21)26(36)31-24(19)29-15-20-10-13-32(14-11-20)23-9-5-6-12-28-23/h2-9,12,16,20,22H,10-11,13-15,17-18H2,1H3,(H,30,37)(H,34,35)(H,29,31,36)/t22-/m0/s1. The number of carboxylic acids is 1. The van der Waals surface area contributed by atoms with Crippen LogP contribution < -0.4 is 21.2 Å². The predicted octanol–water partition coefficient (Wildman–Crippen LogP) is 2.65. The first-order valence-corrected chi connectivity index (χ1v) is 12.6. The Morgan fingerprint density at radius 1 is 1.13 bits per heavy atom. The second-order valence-corrected chi connectivity index (χ2v) is 9.30. The van der Waals surface area contributed by atoms with Crippen LogP contribution in [-0.4, -0.2) is 57.4 Å². The maximum Gasteiger partial charge on any atom is 0.408 e. The van der Waals surface area contributed by atoms with Crippen molar-refractivity contribution in [3.63, 3.8) is 0 Å². The zero-order valence-electron chi connectivity index (χ0n) is 21.2. The van der Waals surface area contributed by atoms with Crippen molar-refractivity contribution in [2.45, 2.75) is 39.0 Å². The lowest BCUT2D eigenvalue weighted by Gasteiger charge is -2.33. The first-order chi connectivity index (χ1) is 18.4. The molecule has 3 aromatic rings. The van der Waals surface area contributed by atoms with Crippen molar-refractivity contribution < 1.29 is 19.4 Å². The largest absolute Gasteiger partial charge is 0.480 e. The number of carboxylic acid groups (broad SMARTS) is 1. The Morgan fingerprint density at radius 3 is 2.55 bits per heavy atom. The molecule has 3 heterocycles.